The molecule has 156 valence electrons. The minimum absolute atomic E-state index is 0.0174. The van der Waals surface area contributed by atoms with Crippen molar-refractivity contribution >= 4 is 27.4 Å². The van der Waals surface area contributed by atoms with Crippen LogP contribution in [-0.2, 0) is 16.4 Å². The van der Waals surface area contributed by atoms with Gasteiger partial charge >= 0.3 is 0 Å². The Balaban J connectivity index is 1.69. The van der Waals surface area contributed by atoms with Gasteiger partial charge in [-0.15, -0.1) is 0 Å². The molecule has 1 fully saturated rings. The van der Waals surface area contributed by atoms with E-state index in [2.05, 4.69) is 15.6 Å². The smallest absolute Gasteiger partial charge is 0.191 e. The summed E-state index contributed by atoms with van der Waals surface area (Å²) in [7, 11) is -3.24. The molecule has 0 aliphatic heterocycles. The maximum Gasteiger partial charge on any atom is 0.191 e. The number of hydrogen-bond donors (Lipinski definition) is 2. The first-order chi connectivity index (χ1) is 13.7. The van der Waals surface area contributed by atoms with Crippen molar-refractivity contribution in [3.8, 4) is 0 Å². The van der Waals surface area contributed by atoms with E-state index in [9.17, 15) is 12.8 Å². The van der Waals surface area contributed by atoms with E-state index in [-0.39, 0.29) is 17.8 Å². The Morgan fingerprint density at radius 2 is 2.07 bits per heavy atom. The molecule has 0 aromatic heterocycles. The van der Waals surface area contributed by atoms with Gasteiger partial charge in [-0.25, -0.2) is 17.8 Å². The van der Waals surface area contributed by atoms with Crippen LogP contribution < -0.4 is 10.6 Å². The fourth-order valence-corrected chi connectivity index (χ4v) is 4.69. The number of aliphatic imine (C=N–C) groups is 1. The summed E-state index contributed by atoms with van der Waals surface area (Å²) < 4.78 is 37.6. The van der Waals surface area contributed by atoms with Crippen molar-refractivity contribution in [2.45, 2.75) is 43.7 Å². The van der Waals surface area contributed by atoms with Gasteiger partial charge in [-0.2, -0.15) is 0 Å². The maximum absolute atomic E-state index is 14.1. The van der Waals surface area contributed by atoms with Crippen LogP contribution in [0.1, 0.15) is 36.0 Å². The van der Waals surface area contributed by atoms with Crippen molar-refractivity contribution in [3.63, 3.8) is 0 Å². The molecule has 3 rings (SSSR count). The highest BCUT2D eigenvalue weighted by Gasteiger charge is 2.41. The number of nitrogens with zero attached hydrogens (tertiary/aromatic N) is 1. The lowest BCUT2D eigenvalue weighted by Gasteiger charge is -2.12. The van der Waals surface area contributed by atoms with E-state index in [0.717, 1.165) is 12.0 Å². The predicted molar refractivity (Wildman–Crippen MR) is 115 cm³/mol. The largest absolute Gasteiger partial charge is 0.357 e. The quantitative estimate of drug-likeness (QED) is 0.532. The zero-order valence-corrected chi connectivity index (χ0v) is 18.2. The highest BCUT2D eigenvalue weighted by Crippen LogP contribution is 2.44. The zero-order valence-electron chi connectivity index (χ0n) is 16.7. The van der Waals surface area contributed by atoms with E-state index in [1.54, 1.807) is 31.2 Å². The zero-order chi connectivity index (χ0) is 21.2. The molecule has 0 radical (unpaired) electrons. The summed E-state index contributed by atoms with van der Waals surface area (Å²) in [6, 6.07) is 10.0. The third kappa shape index (κ3) is 5.28. The second-order valence-corrected chi connectivity index (χ2v) is 9.69. The first-order valence-corrected chi connectivity index (χ1v) is 11.8. The first kappa shape index (κ1) is 21.6. The molecule has 2 N–H and O–H groups in total. The van der Waals surface area contributed by atoms with Crippen LogP contribution in [0.4, 0.5) is 4.39 Å². The Morgan fingerprint density at radius 3 is 2.69 bits per heavy atom. The number of nitrogens with one attached hydrogen (secondary N) is 2. The number of guanidine groups is 1. The molecule has 2 unspecified atom stereocenters. The Bertz CT molecular complexity index is 1020. The van der Waals surface area contributed by atoms with Gasteiger partial charge in [0.1, 0.15) is 5.82 Å². The van der Waals surface area contributed by atoms with E-state index in [4.69, 9.17) is 11.6 Å². The second kappa shape index (κ2) is 8.71. The molecule has 1 saturated carbocycles. The number of benzene rings is 2. The van der Waals surface area contributed by atoms with Crippen molar-refractivity contribution in [1.29, 1.82) is 0 Å². The van der Waals surface area contributed by atoms with Gasteiger partial charge in [0.15, 0.2) is 15.8 Å². The summed E-state index contributed by atoms with van der Waals surface area (Å²) in [5.74, 6) is 0.372. The Morgan fingerprint density at radius 1 is 1.31 bits per heavy atom. The highest BCUT2D eigenvalue weighted by molar-refractivity contribution is 7.90. The van der Waals surface area contributed by atoms with Gasteiger partial charge in [0.25, 0.3) is 0 Å². The monoisotopic (exact) mass is 437 g/mol. The average molecular weight is 438 g/mol. The number of hydrogen-bond acceptors (Lipinski definition) is 3. The SMILES string of the molecule is CCNC(=NCc1ccc(S(C)(=O)=O)c(C)c1)NC1CC1c1c(F)cccc1Cl. The summed E-state index contributed by atoms with van der Waals surface area (Å²) in [5.41, 5.74) is 2.17. The summed E-state index contributed by atoms with van der Waals surface area (Å²) in [5, 5.41) is 6.97. The average Bonchev–Trinajstić information content (AvgIpc) is 3.37. The van der Waals surface area contributed by atoms with Crippen molar-refractivity contribution in [2.24, 2.45) is 4.99 Å². The molecule has 29 heavy (non-hydrogen) atoms. The van der Waals surface area contributed by atoms with Gasteiger partial charge in [-0.3, -0.25) is 0 Å². The Labute approximate surface area is 176 Å². The summed E-state index contributed by atoms with van der Waals surface area (Å²) in [6.45, 7) is 4.84. The highest BCUT2D eigenvalue weighted by atomic mass is 35.5. The molecule has 2 atom stereocenters. The Hall–Kier alpha value is -2.12. The van der Waals surface area contributed by atoms with Gasteiger partial charge in [0, 0.05) is 35.3 Å². The number of aryl methyl sites for hydroxylation is 1. The van der Waals surface area contributed by atoms with Crippen molar-refractivity contribution in [2.75, 3.05) is 12.8 Å². The molecular weight excluding hydrogens is 413 g/mol. The lowest BCUT2D eigenvalue weighted by molar-refractivity contribution is 0.601. The second-order valence-electron chi connectivity index (χ2n) is 7.30. The molecule has 2 aromatic rings. The Kier molecular flexibility index (Phi) is 6.49. The van der Waals surface area contributed by atoms with Crippen molar-refractivity contribution in [3.05, 3.63) is 63.9 Å². The number of halogens is 2. The van der Waals surface area contributed by atoms with Crippen LogP contribution >= 0.6 is 11.6 Å². The number of rotatable bonds is 6. The first-order valence-electron chi connectivity index (χ1n) is 9.49. The normalized spacial score (nSPS) is 19.1. The third-order valence-electron chi connectivity index (χ3n) is 4.89. The molecular formula is C21H25ClFN3O2S. The molecule has 1 aliphatic rings. The van der Waals surface area contributed by atoms with E-state index in [1.165, 1.54) is 12.3 Å². The van der Waals surface area contributed by atoms with Crippen LogP contribution in [0, 0.1) is 12.7 Å². The molecule has 0 spiro atoms. The molecule has 2 aromatic carbocycles. The van der Waals surface area contributed by atoms with Crippen LogP contribution in [0.15, 0.2) is 46.3 Å². The van der Waals surface area contributed by atoms with Crippen LogP contribution in [0.25, 0.3) is 0 Å². The summed E-state index contributed by atoms with van der Waals surface area (Å²) >= 11 is 6.17. The van der Waals surface area contributed by atoms with E-state index >= 15 is 0 Å². The lowest BCUT2D eigenvalue weighted by atomic mass is 10.1. The minimum Gasteiger partial charge on any atom is -0.357 e. The van der Waals surface area contributed by atoms with Crippen LogP contribution in [0.2, 0.25) is 5.02 Å². The summed E-state index contributed by atoms with van der Waals surface area (Å²) in [6.07, 6.45) is 1.99. The summed E-state index contributed by atoms with van der Waals surface area (Å²) in [4.78, 5) is 4.92. The molecule has 0 bridgehead atoms. The molecule has 1 aliphatic carbocycles. The van der Waals surface area contributed by atoms with Crippen molar-refractivity contribution in [1.82, 2.24) is 10.6 Å². The van der Waals surface area contributed by atoms with E-state index in [0.29, 0.717) is 40.1 Å². The van der Waals surface area contributed by atoms with Gasteiger partial charge in [-0.05, 0) is 49.6 Å². The van der Waals surface area contributed by atoms with Crippen molar-refractivity contribution < 1.29 is 12.8 Å². The van der Waals surface area contributed by atoms with Gasteiger partial charge in [0.2, 0.25) is 0 Å². The molecule has 8 heteroatoms. The van der Waals surface area contributed by atoms with Gasteiger partial charge in [0.05, 0.1) is 11.4 Å². The molecule has 0 amide bonds. The van der Waals surface area contributed by atoms with Gasteiger partial charge < -0.3 is 10.6 Å². The molecule has 0 heterocycles. The standard InChI is InChI=1S/C21H25ClFN3O2S/c1-4-24-21(25-12-14-8-9-19(13(2)10-14)29(3,27)28)26-18-11-15(18)20-16(22)6-5-7-17(20)23/h5-10,15,18H,4,11-12H2,1-3H3,(H2,24,25,26). The number of sulfone groups is 1. The van der Waals surface area contributed by atoms with Crippen LogP contribution in [-0.4, -0.2) is 33.2 Å². The minimum atomic E-state index is -3.24. The van der Waals surface area contributed by atoms with Crippen LogP contribution in [0.3, 0.4) is 0 Å². The predicted octanol–water partition coefficient (Wildman–Crippen LogP) is 3.80. The topological polar surface area (TPSA) is 70.6 Å². The third-order valence-corrected chi connectivity index (χ3v) is 6.47. The fourth-order valence-electron chi connectivity index (χ4n) is 3.43. The maximum atomic E-state index is 14.1. The lowest BCUT2D eigenvalue weighted by Crippen LogP contribution is -2.39. The van der Waals surface area contributed by atoms with Gasteiger partial charge in [-0.1, -0.05) is 29.8 Å². The van der Waals surface area contributed by atoms with E-state index < -0.39 is 9.84 Å². The molecule has 0 saturated heterocycles. The van der Waals surface area contributed by atoms with Crippen LogP contribution in [0.5, 0.6) is 0 Å². The molecule has 5 nitrogen and oxygen atoms in total. The fraction of sp³-hybridized carbons (Fsp3) is 0.381. The van der Waals surface area contributed by atoms with E-state index in [1.807, 2.05) is 13.0 Å².